The summed E-state index contributed by atoms with van der Waals surface area (Å²) in [6.45, 7) is 4.01. The smallest absolute Gasteiger partial charge is 0.00766 e. The minimum absolute atomic E-state index is 0.813. The van der Waals surface area contributed by atoms with Gasteiger partial charge in [0.1, 0.15) is 0 Å². The normalized spacial score (nSPS) is 10.2. The predicted molar refractivity (Wildman–Crippen MR) is 45.1 cm³/mol. The van der Waals surface area contributed by atoms with Crippen LogP contribution in [-0.4, -0.2) is 33.2 Å². The Morgan fingerprint density at radius 2 is 1.90 bits per heavy atom. The first-order valence-electron chi connectivity index (χ1n) is 3.97. The maximum atomic E-state index is 5.33. The summed E-state index contributed by atoms with van der Waals surface area (Å²) in [6.07, 6.45) is 2.33. The second kappa shape index (κ2) is 8.88. The number of likely N-dealkylation sites (N-methyl/N-ethyl adjacent to an activating group) is 1. The highest BCUT2D eigenvalue weighted by Crippen LogP contribution is 1.80. The number of hydrogen-bond donors (Lipinski definition) is 3. The van der Waals surface area contributed by atoms with E-state index in [1.807, 2.05) is 7.05 Å². The molecule has 0 atom stereocenters. The van der Waals surface area contributed by atoms with Crippen molar-refractivity contribution in [2.45, 2.75) is 12.8 Å². The van der Waals surface area contributed by atoms with Crippen molar-refractivity contribution in [3.8, 4) is 0 Å². The first-order chi connectivity index (χ1) is 4.91. The molecule has 0 radical (unpaired) electrons. The molecule has 3 nitrogen and oxygen atoms in total. The third kappa shape index (κ3) is 7.88. The van der Waals surface area contributed by atoms with Crippen LogP contribution in [-0.2, 0) is 0 Å². The molecule has 0 heterocycles. The first-order valence-corrected chi connectivity index (χ1v) is 3.97. The van der Waals surface area contributed by atoms with Crippen molar-refractivity contribution >= 4 is 0 Å². The molecular weight excluding hydrogens is 126 g/mol. The molecule has 3 heteroatoms. The topological polar surface area (TPSA) is 50.1 Å². The number of unbranched alkanes of at least 4 members (excludes halogenated alkanes) is 1. The number of nitrogens with two attached hydrogens (primary N) is 1. The summed E-state index contributed by atoms with van der Waals surface area (Å²) < 4.78 is 0. The zero-order valence-corrected chi connectivity index (χ0v) is 6.82. The van der Waals surface area contributed by atoms with Crippen molar-refractivity contribution in [3.63, 3.8) is 0 Å². The Morgan fingerprint density at radius 3 is 2.50 bits per heavy atom. The first kappa shape index (κ1) is 9.88. The monoisotopic (exact) mass is 145 g/mol. The quantitative estimate of drug-likeness (QED) is 0.425. The maximum Gasteiger partial charge on any atom is 0.00766 e. The van der Waals surface area contributed by atoms with Gasteiger partial charge in [0.25, 0.3) is 0 Å². The van der Waals surface area contributed by atoms with E-state index in [-0.39, 0.29) is 0 Å². The largest absolute Gasteiger partial charge is 0.330 e. The average Bonchev–Trinajstić information content (AvgIpc) is 1.97. The zero-order chi connectivity index (χ0) is 7.66. The van der Waals surface area contributed by atoms with Crippen LogP contribution in [0.4, 0.5) is 0 Å². The van der Waals surface area contributed by atoms with Crippen molar-refractivity contribution < 1.29 is 0 Å². The number of hydrogen-bond acceptors (Lipinski definition) is 3. The fraction of sp³-hybridized carbons (Fsp3) is 1.00. The van der Waals surface area contributed by atoms with E-state index in [0.717, 1.165) is 32.6 Å². The molecule has 62 valence electrons. The molecule has 10 heavy (non-hydrogen) atoms. The van der Waals surface area contributed by atoms with Crippen molar-refractivity contribution in [3.05, 3.63) is 0 Å². The molecule has 0 aliphatic heterocycles. The van der Waals surface area contributed by atoms with E-state index in [2.05, 4.69) is 10.6 Å². The fourth-order valence-electron chi connectivity index (χ4n) is 0.733. The molecule has 0 aliphatic rings. The maximum absolute atomic E-state index is 5.33. The Labute approximate surface area is 63.4 Å². The van der Waals surface area contributed by atoms with E-state index in [4.69, 9.17) is 5.73 Å². The SMILES string of the molecule is CNCCNCCCCN. The minimum Gasteiger partial charge on any atom is -0.330 e. The lowest BCUT2D eigenvalue weighted by molar-refractivity contribution is 0.610. The molecule has 0 fully saturated rings. The molecule has 0 aromatic rings. The van der Waals surface area contributed by atoms with E-state index in [0.29, 0.717) is 0 Å². The van der Waals surface area contributed by atoms with Crippen LogP contribution in [0.15, 0.2) is 0 Å². The summed E-state index contributed by atoms with van der Waals surface area (Å²) in [4.78, 5) is 0. The van der Waals surface area contributed by atoms with Gasteiger partial charge in [0.05, 0.1) is 0 Å². The van der Waals surface area contributed by atoms with E-state index in [1.165, 1.54) is 6.42 Å². The van der Waals surface area contributed by atoms with E-state index >= 15 is 0 Å². The van der Waals surface area contributed by atoms with Crippen LogP contribution in [0.25, 0.3) is 0 Å². The van der Waals surface area contributed by atoms with Crippen LogP contribution in [0.1, 0.15) is 12.8 Å². The van der Waals surface area contributed by atoms with Gasteiger partial charge >= 0.3 is 0 Å². The second-order valence-corrected chi connectivity index (χ2v) is 2.35. The molecule has 0 saturated heterocycles. The van der Waals surface area contributed by atoms with Crippen LogP contribution in [0.5, 0.6) is 0 Å². The average molecular weight is 145 g/mol. The zero-order valence-electron chi connectivity index (χ0n) is 6.82. The van der Waals surface area contributed by atoms with Gasteiger partial charge in [0.15, 0.2) is 0 Å². The number of rotatable bonds is 7. The Kier molecular flexibility index (Phi) is 8.77. The van der Waals surface area contributed by atoms with Crippen LogP contribution < -0.4 is 16.4 Å². The highest BCUT2D eigenvalue weighted by molar-refractivity contribution is 4.49. The molecule has 0 amide bonds. The third-order valence-electron chi connectivity index (χ3n) is 1.36. The molecule has 0 aromatic carbocycles. The van der Waals surface area contributed by atoms with Crippen molar-refractivity contribution in [1.29, 1.82) is 0 Å². The van der Waals surface area contributed by atoms with Crippen molar-refractivity contribution in [1.82, 2.24) is 10.6 Å². The lowest BCUT2D eigenvalue weighted by Crippen LogP contribution is -2.25. The van der Waals surface area contributed by atoms with Gasteiger partial charge in [-0.15, -0.1) is 0 Å². The molecule has 0 rings (SSSR count). The molecule has 4 N–H and O–H groups in total. The summed E-state index contributed by atoms with van der Waals surface area (Å²) in [5.41, 5.74) is 5.33. The predicted octanol–water partition coefficient (Wildman–Crippen LogP) is -0.466. The van der Waals surface area contributed by atoms with E-state index in [9.17, 15) is 0 Å². The van der Waals surface area contributed by atoms with Gasteiger partial charge in [-0.25, -0.2) is 0 Å². The van der Waals surface area contributed by atoms with Gasteiger partial charge in [-0.2, -0.15) is 0 Å². The lowest BCUT2D eigenvalue weighted by atomic mass is 10.3. The lowest BCUT2D eigenvalue weighted by Gasteiger charge is -2.02. The molecule has 0 aromatic heterocycles. The Balaban J connectivity index is 2.65. The van der Waals surface area contributed by atoms with Gasteiger partial charge in [0, 0.05) is 13.1 Å². The molecule has 0 saturated carbocycles. The Hall–Kier alpha value is -0.120. The third-order valence-corrected chi connectivity index (χ3v) is 1.36. The van der Waals surface area contributed by atoms with Crippen LogP contribution in [0, 0.1) is 0 Å². The van der Waals surface area contributed by atoms with Gasteiger partial charge in [0.2, 0.25) is 0 Å². The number of nitrogens with one attached hydrogen (secondary N) is 2. The van der Waals surface area contributed by atoms with Gasteiger partial charge < -0.3 is 16.4 Å². The molecule has 0 aliphatic carbocycles. The van der Waals surface area contributed by atoms with Gasteiger partial charge in [-0.05, 0) is 33.0 Å². The Bertz CT molecular complexity index is 48.8. The molecule has 0 spiro atoms. The minimum atomic E-state index is 0.813. The van der Waals surface area contributed by atoms with Gasteiger partial charge in [-0.3, -0.25) is 0 Å². The fourth-order valence-corrected chi connectivity index (χ4v) is 0.733. The Morgan fingerprint density at radius 1 is 1.10 bits per heavy atom. The van der Waals surface area contributed by atoms with Crippen molar-refractivity contribution in [2.75, 3.05) is 33.2 Å². The molecule has 0 unspecified atom stereocenters. The summed E-state index contributed by atoms with van der Waals surface area (Å²) in [5, 5.41) is 6.37. The van der Waals surface area contributed by atoms with E-state index < -0.39 is 0 Å². The highest BCUT2D eigenvalue weighted by atomic mass is 14.9. The van der Waals surface area contributed by atoms with Crippen molar-refractivity contribution in [2.24, 2.45) is 5.73 Å². The molecular formula is C7H19N3. The molecule has 0 bridgehead atoms. The second-order valence-electron chi connectivity index (χ2n) is 2.35. The summed E-state index contributed by atoms with van der Waals surface area (Å²) >= 11 is 0. The van der Waals surface area contributed by atoms with Crippen LogP contribution in [0.3, 0.4) is 0 Å². The summed E-state index contributed by atoms with van der Waals surface area (Å²) in [5.74, 6) is 0. The van der Waals surface area contributed by atoms with Crippen LogP contribution in [0.2, 0.25) is 0 Å². The van der Waals surface area contributed by atoms with Gasteiger partial charge in [-0.1, -0.05) is 0 Å². The standard InChI is InChI=1S/C7H19N3/c1-9-6-7-10-5-3-2-4-8/h9-10H,2-8H2,1H3. The summed E-state index contributed by atoms with van der Waals surface area (Å²) in [6, 6.07) is 0. The van der Waals surface area contributed by atoms with E-state index in [1.54, 1.807) is 0 Å². The highest BCUT2D eigenvalue weighted by Gasteiger charge is 1.85. The van der Waals surface area contributed by atoms with Crippen LogP contribution >= 0.6 is 0 Å². The summed E-state index contributed by atoms with van der Waals surface area (Å²) in [7, 11) is 1.96.